The summed E-state index contributed by atoms with van der Waals surface area (Å²) in [5.74, 6) is 0. The van der Waals surface area contributed by atoms with Gasteiger partial charge in [-0.15, -0.1) is 23.7 Å². The Balaban J connectivity index is 0.00000144. The highest BCUT2D eigenvalue weighted by molar-refractivity contribution is 7.09. The van der Waals surface area contributed by atoms with E-state index in [2.05, 4.69) is 29.1 Å². The number of piperidine rings is 1. The van der Waals surface area contributed by atoms with Gasteiger partial charge in [0.25, 0.3) is 0 Å². The van der Waals surface area contributed by atoms with Crippen LogP contribution in [-0.4, -0.2) is 28.5 Å². The van der Waals surface area contributed by atoms with Gasteiger partial charge in [-0.3, -0.25) is 4.90 Å². The molecule has 2 heterocycles. The summed E-state index contributed by atoms with van der Waals surface area (Å²) >= 11 is 1.76. The van der Waals surface area contributed by atoms with Gasteiger partial charge in [0.1, 0.15) is 5.01 Å². The highest BCUT2D eigenvalue weighted by Gasteiger charge is 2.25. The maximum Gasteiger partial charge on any atom is 0.107 e. The predicted molar refractivity (Wildman–Crippen MR) is 75.8 cm³/mol. The van der Waals surface area contributed by atoms with E-state index < -0.39 is 0 Å². The van der Waals surface area contributed by atoms with Gasteiger partial charge in [0.2, 0.25) is 0 Å². The number of nitrogens with two attached hydrogens (primary N) is 1. The Bertz CT molecular complexity index is 340. The van der Waals surface area contributed by atoms with Crippen LogP contribution in [0, 0.1) is 6.92 Å². The van der Waals surface area contributed by atoms with Gasteiger partial charge in [0.15, 0.2) is 0 Å². The molecule has 2 unspecified atom stereocenters. The van der Waals surface area contributed by atoms with Gasteiger partial charge < -0.3 is 5.73 Å². The molecule has 0 aliphatic carbocycles. The van der Waals surface area contributed by atoms with Crippen molar-refractivity contribution in [3.8, 4) is 0 Å². The van der Waals surface area contributed by atoms with E-state index in [1.165, 1.54) is 30.8 Å². The molecule has 1 fully saturated rings. The molecular formula is C12H22ClN3S. The lowest BCUT2D eigenvalue weighted by atomic mass is 9.97. The molecule has 1 aliphatic heterocycles. The van der Waals surface area contributed by atoms with Gasteiger partial charge >= 0.3 is 0 Å². The molecule has 2 rings (SSSR count). The first-order valence-electron chi connectivity index (χ1n) is 6.07. The first kappa shape index (κ1) is 14.9. The molecule has 2 atom stereocenters. The molecule has 1 aromatic rings. The summed E-state index contributed by atoms with van der Waals surface area (Å²) in [4.78, 5) is 7.04. The Morgan fingerprint density at radius 3 is 2.94 bits per heavy atom. The van der Waals surface area contributed by atoms with Crippen LogP contribution in [0.3, 0.4) is 0 Å². The minimum Gasteiger partial charge on any atom is -0.327 e. The number of aryl methyl sites for hydroxylation is 1. The summed E-state index contributed by atoms with van der Waals surface area (Å²) in [7, 11) is 0. The SMILES string of the molecule is Cc1csc(CN2CCCCC2C(C)N)n1.Cl. The maximum absolute atomic E-state index is 6.06. The van der Waals surface area contributed by atoms with E-state index >= 15 is 0 Å². The number of hydrogen-bond acceptors (Lipinski definition) is 4. The third-order valence-electron chi connectivity index (χ3n) is 3.28. The van der Waals surface area contributed by atoms with Crippen LogP contribution in [0.25, 0.3) is 0 Å². The van der Waals surface area contributed by atoms with Crippen LogP contribution in [0.5, 0.6) is 0 Å². The molecule has 5 heteroatoms. The van der Waals surface area contributed by atoms with Crippen molar-refractivity contribution in [2.75, 3.05) is 6.54 Å². The lowest BCUT2D eigenvalue weighted by Gasteiger charge is -2.37. The Morgan fingerprint density at radius 1 is 1.59 bits per heavy atom. The molecule has 2 N–H and O–H groups in total. The highest BCUT2D eigenvalue weighted by Crippen LogP contribution is 2.22. The molecule has 0 saturated carbocycles. The molecule has 1 aromatic heterocycles. The van der Waals surface area contributed by atoms with Crippen molar-refractivity contribution in [2.45, 2.75) is 51.7 Å². The molecule has 0 spiro atoms. The second-order valence-corrected chi connectivity index (χ2v) is 5.72. The first-order chi connectivity index (χ1) is 7.66. The van der Waals surface area contributed by atoms with Crippen molar-refractivity contribution in [1.82, 2.24) is 9.88 Å². The van der Waals surface area contributed by atoms with Crippen molar-refractivity contribution in [2.24, 2.45) is 5.73 Å². The van der Waals surface area contributed by atoms with E-state index in [0.717, 1.165) is 12.2 Å². The second-order valence-electron chi connectivity index (χ2n) is 4.78. The van der Waals surface area contributed by atoms with E-state index in [1.807, 2.05) is 0 Å². The van der Waals surface area contributed by atoms with Crippen LogP contribution in [0.1, 0.15) is 36.9 Å². The number of hydrogen-bond donors (Lipinski definition) is 1. The predicted octanol–water partition coefficient (Wildman–Crippen LogP) is 2.58. The van der Waals surface area contributed by atoms with E-state index in [4.69, 9.17) is 5.73 Å². The minimum absolute atomic E-state index is 0. The highest BCUT2D eigenvalue weighted by atomic mass is 35.5. The van der Waals surface area contributed by atoms with Crippen LogP contribution in [0.2, 0.25) is 0 Å². The van der Waals surface area contributed by atoms with E-state index in [9.17, 15) is 0 Å². The Hall–Kier alpha value is -0.160. The van der Waals surface area contributed by atoms with Gasteiger partial charge in [-0.1, -0.05) is 6.42 Å². The fourth-order valence-electron chi connectivity index (χ4n) is 2.46. The van der Waals surface area contributed by atoms with Gasteiger partial charge in [-0.25, -0.2) is 4.98 Å². The maximum atomic E-state index is 6.06. The number of halogens is 1. The number of nitrogens with zero attached hydrogens (tertiary/aromatic N) is 2. The van der Waals surface area contributed by atoms with E-state index in [-0.39, 0.29) is 18.4 Å². The average molecular weight is 276 g/mol. The van der Waals surface area contributed by atoms with Crippen molar-refractivity contribution in [3.63, 3.8) is 0 Å². The number of likely N-dealkylation sites (tertiary alicyclic amines) is 1. The minimum atomic E-state index is 0. The molecular weight excluding hydrogens is 254 g/mol. The molecule has 0 aromatic carbocycles. The molecule has 3 nitrogen and oxygen atoms in total. The number of aromatic nitrogens is 1. The standard InChI is InChI=1S/C12H21N3S.ClH/c1-9-8-16-12(14-9)7-15-6-4-3-5-11(15)10(2)13;/h8,10-11H,3-7,13H2,1-2H3;1H. The molecule has 0 amide bonds. The summed E-state index contributed by atoms with van der Waals surface area (Å²) in [6.45, 7) is 6.32. The van der Waals surface area contributed by atoms with Crippen LogP contribution in [0.15, 0.2) is 5.38 Å². The third-order valence-corrected chi connectivity index (χ3v) is 4.23. The molecule has 0 radical (unpaired) electrons. The summed E-state index contributed by atoms with van der Waals surface area (Å²) in [5.41, 5.74) is 7.19. The fraction of sp³-hybridized carbons (Fsp3) is 0.750. The van der Waals surface area contributed by atoms with Crippen molar-refractivity contribution < 1.29 is 0 Å². The van der Waals surface area contributed by atoms with Crippen LogP contribution in [-0.2, 0) is 6.54 Å². The summed E-state index contributed by atoms with van der Waals surface area (Å²) in [6.07, 6.45) is 3.86. The topological polar surface area (TPSA) is 42.1 Å². The summed E-state index contributed by atoms with van der Waals surface area (Å²) < 4.78 is 0. The van der Waals surface area contributed by atoms with Crippen molar-refractivity contribution in [3.05, 3.63) is 16.1 Å². The zero-order valence-corrected chi connectivity index (χ0v) is 12.2. The molecule has 1 aliphatic rings. The first-order valence-corrected chi connectivity index (χ1v) is 6.95. The molecule has 1 saturated heterocycles. The average Bonchev–Trinajstić information content (AvgIpc) is 2.64. The summed E-state index contributed by atoms with van der Waals surface area (Å²) in [5, 5.41) is 3.35. The third kappa shape index (κ3) is 3.91. The lowest BCUT2D eigenvalue weighted by molar-refractivity contribution is 0.123. The Morgan fingerprint density at radius 2 is 2.35 bits per heavy atom. The largest absolute Gasteiger partial charge is 0.327 e. The normalized spacial score (nSPS) is 23.1. The zero-order chi connectivity index (χ0) is 11.5. The fourth-order valence-corrected chi connectivity index (χ4v) is 3.25. The van der Waals surface area contributed by atoms with Gasteiger partial charge in [-0.2, -0.15) is 0 Å². The Labute approximate surface area is 114 Å². The molecule has 17 heavy (non-hydrogen) atoms. The number of rotatable bonds is 3. The second kappa shape index (κ2) is 6.69. The van der Waals surface area contributed by atoms with Crippen molar-refractivity contribution in [1.29, 1.82) is 0 Å². The monoisotopic (exact) mass is 275 g/mol. The van der Waals surface area contributed by atoms with E-state index in [1.54, 1.807) is 11.3 Å². The van der Waals surface area contributed by atoms with Crippen LogP contribution in [0.4, 0.5) is 0 Å². The Kier molecular flexibility index (Phi) is 5.86. The van der Waals surface area contributed by atoms with Crippen molar-refractivity contribution >= 4 is 23.7 Å². The molecule has 98 valence electrons. The lowest BCUT2D eigenvalue weighted by Crippen LogP contribution is -2.48. The quantitative estimate of drug-likeness (QED) is 0.922. The number of thiazole rings is 1. The van der Waals surface area contributed by atoms with Crippen LogP contribution >= 0.6 is 23.7 Å². The zero-order valence-electron chi connectivity index (χ0n) is 10.6. The van der Waals surface area contributed by atoms with E-state index in [0.29, 0.717) is 6.04 Å². The van der Waals surface area contributed by atoms with Gasteiger partial charge in [0.05, 0.1) is 6.54 Å². The molecule has 0 bridgehead atoms. The smallest absolute Gasteiger partial charge is 0.107 e. The van der Waals surface area contributed by atoms with Crippen LogP contribution < -0.4 is 5.73 Å². The summed E-state index contributed by atoms with van der Waals surface area (Å²) in [6, 6.07) is 0.805. The van der Waals surface area contributed by atoms with Gasteiger partial charge in [-0.05, 0) is 33.2 Å². The van der Waals surface area contributed by atoms with Gasteiger partial charge in [0, 0.05) is 23.2 Å².